The zero-order chi connectivity index (χ0) is 15.0. The molecule has 1 amide bonds. The minimum atomic E-state index is -0.528. The number of methoxy groups -OCH3 is 1. The fourth-order valence-electron chi connectivity index (χ4n) is 1.53. The number of nitrogens with two attached hydrogens (primary N) is 1. The minimum absolute atomic E-state index is 0.149. The lowest BCUT2D eigenvalue weighted by Gasteiger charge is -2.07. The van der Waals surface area contributed by atoms with Crippen LogP contribution in [0.1, 0.15) is 19.3 Å². The van der Waals surface area contributed by atoms with Crippen LogP contribution in [0.5, 0.6) is 11.5 Å². The molecule has 0 aliphatic heterocycles. The lowest BCUT2D eigenvalue weighted by molar-refractivity contribution is -0.385. The van der Waals surface area contributed by atoms with Crippen LogP contribution in [0.15, 0.2) is 18.2 Å². The average molecular weight is 283 g/mol. The van der Waals surface area contributed by atoms with Gasteiger partial charge in [0.1, 0.15) is 5.75 Å². The number of nitro groups is 1. The molecule has 0 saturated heterocycles. The van der Waals surface area contributed by atoms with Crippen molar-refractivity contribution in [3.63, 3.8) is 0 Å². The first kappa shape index (κ1) is 15.7. The fraction of sp³-hybridized carbons (Fsp3) is 0.417. The van der Waals surface area contributed by atoms with Crippen LogP contribution in [0, 0.1) is 10.1 Å². The number of nitrogens with zero attached hydrogens (tertiary/aromatic N) is 1. The van der Waals surface area contributed by atoms with E-state index in [9.17, 15) is 14.9 Å². The molecule has 0 heterocycles. The predicted molar refractivity (Wildman–Crippen MR) is 71.3 cm³/mol. The van der Waals surface area contributed by atoms with Crippen LogP contribution in [-0.2, 0) is 4.79 Å². The maximum Gasteiger partial charge on any atom is 0.314 e. The number of nitro benzene ring substituents is 1. The third-order valence-corrected chi connectivity index (χ3v) is 2.58. The molecule has 0 fully saturated rings. The highest BCUT2D eigenvalue weighted by Gasteiger charge is 2.16. The third kappa shape index (κ3) is 4.73. The van der Waals surface area contributed by atoms with E-state index in [2.05, 4.69) is 0 Å². The van der Waals surface area contributed by atoms with Crippen molar-refractivity contribution in [1.29, 1.82) is 0 Å². The van der Waals surface area contributed by atoms with Gasteiger partial charge in [-0.1, -0.05) is 0 Å². The van der Waals surface area contributed by atoms with Crippen molar-refractivity contribution in [3.8, 4) is 11.5 Å². The molecule has 8 heteroatoms. The normalized spacial score (nSPS) is 9.90. The van der Waals surface area contributed by atoms with Crippen molar-refractivity contribution in [2.75, 3.05) is 13.7 Å². The number of hydrazine groups is 1. The van der Waals surface area contributed by atoms with Gasteiger partial charge < -0.3 is 9.47 Å². The second-order valence-corrected chi connectivity index (χ2v) is 3.96. The molecule has 1 aromatic carbocycles. The number of benzene rings is 1. The number of ether oxygens (including phenoxy) is 2. The van der Waals surface area contributed by atoms with Crippen LogP contribution in [-0.4, -0.2) is 24.5 Å². The second kappa shape index (κ2) is 7.95. The molecule has 0 bridgehead atoms. The Morgan fingerprint density at radius 1 is 1.45 bits per heavy atom. The van der Waals surface area contributed by atoms with Gasteiger partial charge >= 0.3 is 5.69 Å². The van der Waals surface area contributed by atoms with Crippen LogP contribution < -0.4 is 20.7 Å². The van der Waals surface area contributed by atoms with E-state index in [1.54, 1.807) is 6.07 Å². The van der Waals surface area contributed by atoms with E-state index in [-0.39, 0.29) is 24.0 Å². The van der Waals surface area contributed by atoms with Gasteiger partial charge in [0.25, 0.3) is 0 Å². The average Bonchev–Trinajstić information content (AvgIpc) is 2.46. The number of amides is 1. The zero-order valence-electron chi connectivity index (χ0n) is 11.1. The van der Waals surface area contributed by atoms with E-state index >= 15 is 0 Å². The number of carbonyl (C=O) groups excluding carboxylic acids is 1. The number of nitrogens with one attached hydrogen (secondary N) is 1. The van der Waals surface area contributed by atoms with Crippen LogP contribution >= 0.6 is 0 Å². The van der Waals surface area contributed by atoms with Crippen molar-refractivity contribution in [2.45, 2.75) is 19.3 Å². The molecule has 110 valence electrons. The molecule has 0 aliphatic rings. The first-order chi connectivity index (χ1) is 9.58. The van der Waals surface area contributed by atoms with Gasteiger partial charge in [-0.05, 0) is 25.0 Å². The highest BCUT2D eigenvalue weighted by atomic mass is 16.6. The predicted octanol–water partition coefficient (Wildman–Crippen LogP) is 1.14. The first-order valence-electron chi connectivity index (χ1n) is 6.03. The van der Waals surface area contributed by atoms with Crippen molar-refractivity contribution in [1.82, 2.24) is 5.43 Å². The standard InChI is InChI=1S/C12H17N3O5/c1-19-9-5-6-11(10(8-9)15(17)18)20-7-3-2-4-12(16)14-13/h5-6,8H,2-4,7,13H2,1H3,(H,14,16). The zero-order valence-corrected chi connectivity index (χ0v) is 11.1. The van der Waals surface area contributed by atoms with E-state index in [1.807, 2.05) is 5.43 Å². The Hall–Kier alpha value is -2.35. The summed E-state index contributed by atoms with van der Waals surface area (Å²) in [6.45, 7) is 0.283. The van der Waals surface area contributed by atoms with E-state index in [0.29, 0.717) is 25.0 Å². The molecular weight excluding hydrogens is 266 g/mol. The summed E-state index contributed by atoms with van der Waals surface area (Å²) in [5.41, 5.74) is 1.88. The molecule has 20 heavy (non-hydrogen) atoms. The lowest BCUT2D eigenvalue weighted by Crippen LogP contribution is -2.29. The monoisotopic (exact) mass is 283 g/mol. The number of rotatable bonds is 8. The SMILES string of the molecule is COc1ccc(OCCCCC(=O)NN)c([N+](=O)[O-])c1. The Bertz CT molecular complexity index is 478. The summed E-state index contributed by atoms with van der Waals surface area (Å²) >= 11 is 0. The van der Waals surface area contributed by atoms with Crippen LogP contribution in [0.2, 0.25) is 0 Å². The molecule has 0 saturated carbocycles. The van der Waals surface area contributed by atoms with Gasteiger partial charge in [-0.15, -0.1) is 0 Å². The summed E-state index contributed by atoms with van der Waals surface area (Å²) in [6, 6.07) is 4.38. The van der Waals surface area contributed by atoms with Gasteiger partial charge in [-0.3, -0.25) is 20.3 Å². The van der Waals surface area contributed by atoms with E-state index < -0.39 is 4.92 Å². The Labute approximate surface area is 116 Å². The van der Waals surface area contributed by atoms with Crippen LogP contribution in [0.4, 0.5) is 5.69 Å². The Morgan fingerprint density at radius 3 is 2.80 bits per heavy atom. The van der Waals surface area contributed by atoms with Gasteiger partial charge in [-0.2, -0.15) is 0 Å². The number of hydrogen-bond donors (Lipinski definition) is 2. The first-order valence-corrected chi connectivity index (χ1v) is 6.03. The second-order valence-electron chi connectivity index (χ2n) is 3.96. The van der Waals surface area contributed by atoms with Crippen molar-refractivity contribution in [2.24, 2.45) is 5.84 Å². The minimum Gasteiger partial charge on any atom is -0.496 e. The number of hydrogen-bond acceptors (Lipinski definition) is 6. The van der Waals surface area contributed by atoms with Crippen molar-refractivity contribution < 1.29 is 19.2 Å². The van der Waals surface area contributed by atoms with E-state index in [1.165, 1.54) is 19.2 Å². The maximum absolute atomic E-state index is 10.9. The molecule has 0 aliphatic carbocycles. The Morgan fingerprint density at radius 2 is 2.20 bits per heavy atom. The molecule has 0 spiro atoms. The smallest absolute Gasteiger partial charge is 0.314 e. The highest BCUT2D eigenvalue weighted by Crippen LogP contribution is 2.31. The molecule has 0 aromatic heterocycles. The van der Waals surface area contributed by atoms with Crippen LogP contribution in [0.3, 0.4) is 0 Å². The molecular formula is C12H17N3O5. The third-order valence-electron chi connectivity index (χ3n) is 2.58. The molecule has 1 aromatic rings. The molecule has 0 atom stereocenters. The quantitative estimate of drug-likeness (QED) is 0.243. The maximum atomic E-state index is 10.9. The van der Waals surface area contributed by atoms with Crippen LogP contribution in [0.25, 0.3) is 0 Å². The van der Waals surface area contributed by atoms with Crippen molar-refractivity contribution >= 4 is 11.6 Å². The van der Waals surface area contributed by atoms with Crippen molar-refractivity contribution in [3.05, 3.63) is 28.3 Å². The van der Waals surface area contributed by atoms with Gasteiger partial charge in [0.2, 0.25) is 5.91 Å². The van der Waals surface area contributed by atoms with Gasteiger partial charge in [0.15, 0.2) is 5.75 Å². The Kier molecular flexibility index (Phi) is 6.24. The van der Waals surface area contributed by atoms with Gasteiger partial charge in [0, 0.05) is 6.42 Å². The molecule has 0 radical (unpaired) electrons. The van der Waals surface area contributed by atoms with E-state index in [0.717, 1.165) is 0 Å². The lowest BCUT2D eigenvalue weighted by atomic mass is 10.2. The summed E-state index contributed by atoms with van der Waals surface area (Å²) in [5, 5.41) is 10.9. The van der Waals surface area contributed by atoms with Gasteiger partial charge in [0.05, 0.1) is 24.7 Å². The van der Waals surface area contributed by atoms with E-state index in [4.69, 9.17) is 15.3 Å². The summed E-state index contributed by atoms with van der Waals surface area (Å²) in [5.74, 6) is 5.26. The Balaban J connectivity index is 2.51. The fourth-order valence-corrected chi connectivity index (χ4v) is 1.53. The molecule has 0 unspecified atom stereocenters. The summed E-state index contributed by atoms with van der Waals surface area (Å²) in [6.07, 6.45) is 1.48. The topological polar surface area (TPSA) is 117 Å². The highest BCUT2D eigenvalue weighted by molar-refractivity contribution is 5.75. The summed E-state index contributed by atoms with van der Waals surface area (Å²) in [7, 11) is 1.43. The number of carbonyl (C=O) groups is 1. The van der Waals surface area contributed by atoms with Gasteiger partial charge in [-0.25, -0.2) is 5.84 Å². The summed E-state index contributed by atoms with van der Waals surface area (Å²) in [4.78, 5) is 21.3. The summed E-state index contributed by atoms with van der Waals surface area (Å²) < 4.78 is 10.3. The molecule has 3 N–H and O–H groups in total. The molecule has 1 rings (SSSR count). The molecule has 8 nitrogen and oxygen atoms in total. The largest absolute Gasteiger partial charge is 0.496 e. The number of unbranched alkanes of at least 4 members (excludes halogenated alkanes) is 1.